The third kappa shape index (κ3) is 2.79. The molecule has 0 bridgehead atoms. The number of fused-ring (bicyclic) bond motifs is 1. The Bertz CT molecular complexity index is 709. The van der Waals surface area contributed by atoms with Crippen molar-refractivity contribution in [2.45, 2.75) is 6.61 Å². The van der Waals surface area contributed by atoms with Crippen LogP contribution in [0.15, 0.2) is 24.4 Å². The highest BCUT2D eigenvalue weighted by atomic mass is 35.5. The van der Waals surface area contributed by atoms with Gasteiger partial charge in [-0.1, -0.05) is 6.07 Å². The Morgan fingerprint density at radius 1 is 1.38 bits per heavy atom. The first kappa shape index (κ1) is 13.4. The van der Waals surface area contributed by atoms with E-state index in [9.17, 15) is 10.1 Å². The summed E-state index contributed by atoms with van der Waals surface area (Å²) in [6.45, 7) is 0.247. The van der Waals surface area contributed by atoms with Gasteiger partial charge < -0.3 is 14.2 Å². The number of aromatic nitrogens is 2. The number of benzene rings is 1. The Kier molecular flexibility index (Phi) is 3.44. The van der Waals surface area contributed by atoms with Crippen molar-refractivity contribution in [1.82, 2.24) is 9.97 Å². The van der Waals surface area contributed by atoms with Crippen molar-refractivity contribution in [3.8, 4) is 17.4 Å². The highest BCUT2D eigenvalue weighted by molar-refractivity contribution is 6.28. The van der Waals surface area contributed by atoms with Crippen LogP contribution in [0.3, 0.4) is 0 Å². The minimum atomic E-state index is -0.634. The molecule has 0 saturated heterocycles. The van der Waals surface area contributed by atoms with Crippen LogP contribution in [0.1, 0.15) is 5.56 Å². The quantitative estimate of drug-likeness (QED) is 0.485. The molecule has 21 heavy (non-hydrogen) atoms. The number of rotatable bonds is 4. The molecule has 0 spiro atoms. The second-order valence-electron chi connectivity index (χ2n) is 4.06. The summed E-state index contributed by atoms with van der Waals surface area (Å²) in [7, 11) is 0. The molecule has 1 aromatic carbocycles. The molecule has 0 fully saturated rings. The Morgan fingerprint density at radius 2 is 2.19 bits per heavy atom. The monoisotopic (exact) mass is 309 g/mol. The van der Waals surface area contributed by atoms with Crippen LogP contribution in [0, 0.1) is 10.1 Å². The molecule has 0 atom stereocenters. The molecule has 2 aromatic rings. The second-order valence-corrected chi connectivity index (χ2v) is 4.40. The Labute approximate surface area is 123 Å². The standard InChI is InChI=1S/C12H8ClN3O5/c13-12-14-4-8(16(17)18)11(15-12)19-5-7-1-2-9-10(3-7)21-6-20-9/h1-4H,5-6H2. The number of nitro groups is 1. The predicted octanol–water partition coefficient (Wildman–Crippen LogP) is 2.35. The van der Waals surface area contributed by atoms with Crippen LogP contribution in [-0.4, -0.2) is 21.7 Å². The highest BCUT2D eigenvalue weighted by Gasteiger charge is 2.19. The average molecular weight is 310 g/mol. The summed E-state index contributed by atoms with van der Waals surface area (Å²) in [5, 5.41) is 10.7. The van der Waals surface area contributed by atoms with E-state index in [0.29, 0.717) is 11.5 Å². The summed E-state index contributed by atoms with van der Waals surface area (Å²) >= 11 is 5.62. The van der Waals surface area contributed by atoms with Gasteiger partial charge >= 0.3 is 5.69 Å². The molecule has 0 radical (unpaired) electrons. The van der Waals surface area contributed by atoms with Gasteiger partial charge in [-0.15, -0.1) is 0 Å². The molecule has 1 aliphatic rings. The van der Waals surface area contributed by atoms with Gasteiger partial charge in [-0.2, -0.15) is 4.98 Å². The number of hydrogen-bond acceptors (Lipinski definition) is 7. The Balaban J connectivity index is 1.78. The summed E-state index contributed by atoms with van der Waals surface area (Å²) < 4.78 is 15.8. The van der Waals surface area contributed by atoms with Crippen LogP contribution >= 0.6 is 11.6 Å². The van der Waals surface area contributed by atoms with Gasteiger partial charge in [0.05, 0.1) is 4.92 Å². The first-order valence-corrected chi connectivity index (χ1v) is 6.19. The van der Waals surface area contributed by atoms with Crippen LogP contribution in [0.2, 0.25) is 5.28 Å². The molecule has 1 aromatic heterocycles. The fourth-order valence-electron chi connectivity index (χ4n) is 1.75. The number of nitrogens with zero attached hydrogens (tertiary/aromatic N) is 3. The lowest BCUT2D eigenvalue weighted by Crippen LogP contribution is -2.02. The third-order valence-corrected chi connectivity index (χ3v) is 2.90. The molecule has 108 valence electrons. The largest absolute Gasteiger partial charge is 0.468 e. The van der Waals surface area contributed by atoms with Crippen molar-refractivity contribution in [3.05, 3.63) is 45.4 Å². The van der Waals surface area contributed by atoms with Gasteiger partial charge in [-0.05, 0) is 29.3 Å². The van der Waals surface area contributed by atoms with Crippen LogP contribution in [-0.2, 0) is 6.61 Å². The van der Waals surface area contributed by atoms with Gasteiger partial charge in [-0.3, -0.25) is 10.1 Å². The van der Waals surface area contributed by atoms with E-state index in [2.05, 4.69) is 9.97 Å². The minimum absolute atomic E-state index is 0.0742. The van der Waals surface area contributed by atoms with Gasteiger partial charge in [0.15, 0.2) is 11.5 Å². The van der Waals surface area contributed by atoms with Gasteiger partial charge in [0.1, 0.15) is 12.8 Å². The summed E-state index contributed by atoms with van der Waals surface area (Å²) in [5.74, 6) is 1.07. The Hall–Kier alpha value is -2.61. The predicted molar refractivity (Wildman–Crippen MR) is 70.6 cm³/mol. The summed E-state index contributed by atoms with van der Waals surface area (Å²) in [6.07, 6.45) is 1.00. The van der Waals surface area contributed by atoms with Gasteiger partial charge in [-0.25, -0.2) is 4.98 Å². The molecule has 0 saturated carbocycles. The van der Waals surface area contributed by atoms with Crippen molar-refractivity contribution in [2.24, 2.45) is 0 Å². The van der Waals surface area contributed by atoms with Gasteiger partial charge in [0, 0.05) is 0 Å². The van der Waals surface area contributed by atoms with Crippen LogP contribution < -0.4 is 14.2 Å². The van der Waals surface area contributed by atoms with Crippen molar-refractivity contribution < 1.29 is 19.1 Å². The van der Waals surface area contributed by atoms with Crippen molar-refractivity contribution >= 4 is 17.3 Å². The SMILES string of the molecule is O=[N+]([O-])c1cnc(Cl)nc1OCc1ccc2c(c1)OCO2. The molecular formula is C12H8ClN3O5. The molecule has 0 aliphatic carbocycles. The van der Waals surface area contributed by atoms with E-state index in [0.717, 1.165) is 11.8 Å². The van der Waals surface area contributed by atoms with Crippen LogP contribution in [0.4, 0.5) is 5.69 Å². The smallest absolute Gasteiger partial charge is 0.349 e. The van der Waals surface area contributed by atoms with Gasteiger partial charge in [0.2, 0.25) is 12.1 Å². The van der Waals surface area contributed by atoms with E-state index in [1.54, 1.807) is 18.2 Å². The number of hydrogen-bond donors (Lipinski definition) is 0. The lowest BCUT2D eigenvalue weighted by Gasteiger charge is -2.06. The Morgan fingerprint density at radius 3 is 3.00 bits per heavy atom. The van der Waals surface area contributed by atoms with E-state index < -0.39 is 4.92 Å². The molecule has 3 rings (SSSR count). The average Bonchev–Trinajstić information content (AvgIpc) is 2.92. The van der Waals surface area contributed by atoms with Gasteiger partial charge in [0.25, 0.3) is 5.88 Å². The fourth-order valence-corrected chi connectivity index (χ4v) is 1.88. The topological polar surface area (TPSA) is 96.6 Å². The zero-order valence-electron chi connectivity index (χ0n) is 10.5. The van der Waals surface area contributed by atoms with E-state index in [1.165, 1.54) is 0 Å². The highest BCUT2D eigenvalue weighted by Crippen LogP contribution is 2.33. The summed E-state index contributed by atoms with van der Waals surface area (Å²) in [6, 6.07) is 5.24. The first-order chi connectivity index (χ1) is 10.1. The van der Waals surface area contributed by atoms with Crippen molar-refractivity contribution in [2.75, 3.05) is 6.79 Å². The lowest BCUT2D eigenvalue weighted by molar-refractivity contribution is -0.386. The zero-order chi connectivity index (χ0) is 14.8. The molecule has 0 N–H and O–H groups in total. The normalized spacial score (nSPS) is 12.2. The van der Waals surface area contributed by atoms with Crippen LogP contribution in [0.5, 0.6) is 17.4 Å². The molecule has 9 heteroatoms. The first-order valence-electron chi connectivity index (χ1n) is 5.82. The maximum absolute atomic E-state index is 10.9. The number of ether oxygens (including phenoxy) is 3. The van der Waals surface area contributed by atoms with Crippen LogP contribution in [0.25, 0.3) is 0 Å². The zero-order valence-corrected chi connectivity index (χ0v) is 11.2. The lowest BCUT2D eigenvalue weighted by atomic mass is 10.2. The van der Waals surface area contributed by atoms with Crippen molar-refractivity contribution in [1.29, 1.82) is 0 Å². The molecule has 8 nitrogen and oxygen atoms in total. The molecule has 0 unspecified atom stereocenters. The minimum Gasteiger partial charge on any atom is -0.468 e. The van der Waals surface area contributed by atoms with E-state index >= 15 is 0 Å². The summed E-state index contributed by atoms with van der Waals surface area (Å²) in [4.78, 5) is 17.5. The molecule has 1 aliphatic heterocycles. The van der Waals surface area contributed by atoms with Crippen molar-refractivity contribution in [3.63, 3.8) is 0 Å². The number of halogens is 1. The maximum atomic E-state index is 10.9. The molecule has 2 heterocycles. The molecular weight excluding hydrogens is 302 g/mol. The van der Waals surface area contributed by atoms with E-state index in [-0.39, 0.29) is 30.3 Å². The van der Waals surface area contributed by atoms with E-state index in [1.807, 2.05) is 0 Å². The van der Waals surface area contributed by atoms with E-state index in [4.69, 9.17) is 25.8 Å². The fraction of sp³-hybridized carbons (Fsp3) is 0.167. The third-order valence-electron chi connectivity index (χ3n) is 2.72. The maximum Gasteiger partial charge on any atom is 0.349 e. The summed E-state index contributed by atoms with van der Waals surface area (Å²) in [5.41, 5.74) is 0.406. The second kappa shape index (κ2) is 5.41. The molecule has 0 amide bonds.